The molecule has 3 nitrogen and oxygen atoms in total. The molecule has 2 atom stereocenters. The maximum absolute atomic E-state index is 4.34. The number of nitrogens with zero attached hydrogens (tertiary/aromatic N) is 2. The number of aryl methyl sites for hydroxylation is 2. The van der Waals surface area contributed by atoms with E-state index in [0.29, 0.717) is 0 Å². The van der Waals surface area contributed by atoms with Crippen molar-refractivity contribution in [1.82, 2.24) is 14.9 Å². The van der Waals surface area contributed by atoms with Crippen molar-refractivity contribution in [1.29, 1.82) is 0 Å². The van der Waals surface area contributed by atoms with Crippen LogP contribution in [0.15, 0.2) is 42.7 Å². The molecule has 0 bridgehead atoms. The minimum atomic E-state index is 0.801. The highest BCUT2D eigenvalue weighted by Gasteiger charge is 2.25. The summed E-state index contributed by atoms with van der Waals surface area (Å²) in [5.74, 6) is 2.79. The van der Waals surface area contributed by atoms with Crippen LogP contribution >= 0.6 is 0 Å². The molecular weight excluding hydrogens is 282 g/mol. The zero-order valence-corrected chi connectivity index (χ0v) is 14.2. The Hall–Kier alpha value is -1.61. The highest BCUT2D eigenvalue weighted by Crippen LogP contribution is 2.27. The quantitative estimate of drug-likeness (QED) is 0.840. The normalized spacial score (nSPS) is 22.3. The lowest BCUT2D eigenvalue weighted by Crippen LogP contribution is -2.40. The molecule has 1 aliphatic rings. The number of nitrogens with one attached hydrogen (secondary N) is 1. The van der Waals surface area contributed by atoms with Crippen LogP contribution in [0.25, 0.3) is 0 Å². The first kappa shape index (κ1) is 16.3. The van der Waals surface area contributed by atoms with Gasteiger partial charge in [-0.05, 0) is 56.2 Å². The van der Waals surface area contributed by atoms with E-state index in [1.165, 1.54) is 50.9 Å². The van der Waals surface area contributed by atoms with Crippen LogP contribution in [0.4, 0.5) is 0 Å². The Morgan fingerprint density at radius 3 is 2.83 bits per heavy atom. The molecule has 1 N–H and O–H groups in total. The highest BCUT2D eigenvalue weighted by atomic mass is 15.1. The molecule has 0 spiro atoms. The first-order valence-electron chi connectivity index (χ1n) is 9.06. The van der Waals surface area contributed by atoms with Crippen LogP contribution in [0.2, 0.25) is 0 Å². The lowest BCUT2D eigenvalue weighted by molar-refractivity contribution is 0.123. The summed E-state index contributed by atoms with van der Waals surface area (Å²) in [7, 11) is 0. The van der Waals surface area contributed by atoms with E-state index >= 15 is 0 Å². The van der Waals surface area contributed by atoms with Gasteiger partial charge in [0, 0.05) is 25.4 Å². The third-order valence-electron chi connectivity index (χ3n) is 5.26. The van der Waals surface area contributed by atoms with Gasteiger partial charge in [-0.2, -0.15) is 0 Å². The van der Waals surface area contributed by atoms with Crippen LogP contribution < -0.4 is 0 Å². The number of likely N-dealkylation sites (tertiary alicyclic amines) is 1. The summed E-state index contributed by atoms with van der Waals surface area (Å²) in [6.07, 6.45) is 9.96. The minimum Gasteiger partial charge on any atom is -0.349 e. The molecule has 3 heteroatoms. The molecule has 2 aromatic rings. The first-order valence-corrected chi connectivity index (χ1v) is 9.06. The summed E-state index contributed by atoms with van der Waals surface area (Å²) < 4.78 is 0. The smallest absolute Gasteiger partial charge is 0.106 e. The van der Waals surface area contributed by atoms with Gasteiger partial charge in [-0.15, -0.1) is 0 Å². The molecule has 2 unspecified atom stereocenters. The fourth-order valence-electron chi connectivity index (χ4n) is 3.82. The molecule has 0 aliphatic carbocycles. The van der Waals surface area contributed by atoms with E-state index in [1.54, 1.807) is 0 Å². The Kier molecular flexibility index (Phi) is 5.87. The number of piperidine rings is 1. The fourth-order valence-corrected chi connectivity index (χ4v) is 3.82. The van der Waals surface area contributed by atoms with E-state index in [0.717, 1.165) is 24.1 Å². The van der Waals surface area contributed by atoms with Gasteiger partial charge in [-0.25, -0.2) is 4.98 Å². The fraction of sp³-hybridized carbons (Fsp3) is 0.550. The zero-order valence-electron chi connectivity index (χ0n) is 14.2. The van der Waals surface area contributed by atoms with Crippen molar-refractivity contribution in [3.63, 3.8) is 0 Å². The number of imidazole rings is 1. The molecule has 23 heavy (non-hydrogen) atoms. The number of H-pyrrole nitrogens is 1. The molecule has 124 valence electrons. The Morgan fingerprint density at radius 1 is 1.22 bits per heavy atom. The maximum atomic E-state index is 4.34. The predicted octanol–water partition coefficient (Wildman–Crippen LogP) is 3.93. The molecule has 0 saturated carbocycles. The van der Waals surface area contributed by atoms with Crippen LogP contribution in [-0.2, 0) is 12.8 Å². The average molecular weight is 311 g/mol. The average Bonchev–Trinajstić information content (AvgIpc) is 3.08. The third kappa shape index (κ3) is 4.93. The van der Waals surface area contributed by atoms with Gasteiger partial charge in [0.15, 0.2) is 0 Å². The number of aromatic amines is 1. The molecular formula is C20H29N3. The van der Waals surface area contributed by atoms with Crippen molar-refractivity contribution in [3.8, 4) is 0 Å². The summed E-state index contributed by atoms with van der Waals surface area (Å²) in [6.45, 7) is 6.19. The largest absolute Gasteiger partial charge is 0.349 e. The monoisotopic (exact) mass is 311 g/mol. The summed E-state index contributed by atoms with van der Waals surface area (Å²) >= 11 is 0. The summed E-state index contributed by atoms with van der Waals surface area (Å²) in [6, 6.07) is 10.9. The number of aromatic nitrogens is 2. The lowest BCUT2D eigenvalue weighted by Gasteiger charge is -2.37. The standard InChI is InChI=1S/C20H29N3/c1-17-16-23(14-5-8-18-6-3-2-4-7-18)15-11-19(17)9-10-20-21-12-13-22-20/h2-4,6-7,12-13,17,19H,5,8-11,14-16H2,1H3,(H,21,22). The van der Waals surface area contributed by atoms with Gasteiger partial charge in [0.25, 0.3) is 0 Å². The molecule has 1 aliphatic heterocycles. The number of benzene rings is 1. The molecule has 0 radical (unpaired) electrons. The van der Waals surface area contributed by atoms with Crippen LogP contribution in [-0.4, -0.2) is 34.5 Å². The minimum absolute atomic E-state index is 0.801. The van der Waals surface area contributed by atoms with Crippen molar-refractivity contribution in [3.05, 3.63) is 54.1 Å². The summed E-state index contributed by atoms with van der Waals surface area (Å²) in [5.41, 5.74) is 1.47. The molecule has 1 aromatic carbocycles. The van der Waals surface area contributed by atoms with Gasteiger partial charge in [-0.1, -0.05) is 37.3 Å². The second kappa shape index (κ2) is 8.30. The Bertz CT molecular complexity index is 550. The topological polar surface area (TPSA) is 31.9 Å². The van der Waals surface area contributed by atoms with Gasteiger partial charge >= 0.3 is 0 Å². The van der Waals surface area contributed by atoms with E-state index < -0.39 is 0 Å². The van der Waals surface area contributed by atoms with Gasteiger partial charge in [0.1, 0.15) is 5.82 Å². The lowest BCUT2D eigenvalue weighted by atomic mass is 9.83. The molecule has 1 aromatic heterocycles. The third-order valence-corrected chi connectivity index (χ3v) is 5.26. The molecule has 2 heterocycles. The first-order chi connectivity index (χ1) is 11.3. The van der Waals surface area contributed by atoms with Crippen molar-refractivity contribution in [2.24, 2.45) is 11.8 Å². The van der Waals surface area contributed by atoms with Crippen molar-refractivity contribution < 1.29 is 0 Å². The van der Waals surface area contributed by atoms with Crippen molar-refractivity contribution >= 4 is 0 Å². The van der Waals surface area contributed by atoms with E-state index in [1.807, 2.05) is 12.4 Å². The summed E-state index contributed by atoms with van der Waals surface area (Å²) in [5, 5.41) is 0. The molecule has 3 rings (SSSR count). The van der Waals surface area contributed by atoms with Gasteiger partial charge in [0.2, 0.25) is 0 Å². The van der Waals surface area contributed by atoms with Crippen LogP contribution in [0.3, 0.4) is 0 Å². The predicted molar refractivity (Wildman–Crippen MR) is 95.4 cm³/mol. The van der Waals surface area contributed by atoms with Crippen LogP contribution in [0.1, 0.15) is 37.6 Å². The van der Waals surface area contributed by atoms with Crippen LogP contribution in [0.5, 0.6) is 0 Å². The van der Waals surface area contributed by atoms with E-state index in [4.69, 9.17) is 0 Å². The van der Waals surface area contributed by atoms with E-state index in [2.05, 4.69) is 52.1 Å². The van der Waals surface area contributed by atoms with Gasteiger partial charge < -0.3 is 9.88 Å². The molecule has 1 saturated heterocycles. The van der Waals surface area contributed by atoms with Crippen LogP contribution in [0, 0.1) is 11.8 Å². The number of hydrogen-bond acceptors (Lipinski definition) is 2. The van der Waals surface area contributed by atoms with Gasteiger partial charge in [-0.3, -0.25) is 0 Å². The second-order valence-electron chi connectivity index (χ2n) is 6.99. The Balaban J connectivity index is 1.36. The Labute approximate surface area is 140 Å². The van der Waals surface area contributed by atoms with E-state index in [-0.39, 0.29) is 0 Å². The van der Waals surface area contributed by atoms with Crippen molar-refractivity contribution in [2.45, 2.75) is 39.0 Å². The van der Waals surface area contributed by atoms with E-state index in [9.17, 15) is 0 Å². The highest BCUT2D eigenvalue weighted by molar-refractivity contribution is 5.14. The number of hydrogen-bond donors (Lipinski definition) is 1. The van der Waals surface area contributed by atoms with Gasteiger partial charge in [0.05, 0.1) is 0 Å². The summed E-state index contributed by atoms with van der Waals surface area (Å²) in [4.78, 5) is 10.2. The molecule has 0 amide bonds. The van der Waals surface area contributed by atoms with Crippen molar-refractivity contribution in [2.75, 3.05) is 19.6 Å². The second-order valence-corrected chi connectivity index (χ2v) is 6.99. The zero-order chi connectivity index (χ0) is 15.9. The molecule has 1 fully saturated rings. The maximum Gasteiger partial charge on any atom is 0.106 e. The number of rotatable bonds is 7. The SMILES string of the molecule is CC1CN(CCCc2ccccc2)CCC1CCc1ncc[nH]1. The Morgan fingerprint density at radius 2 is 2.09 bits per heavy atom.